The van der Waals surface area contributed by atoms with E-state index in [1.807, 2.05) is 19.1 Å². The second-order valence-corrected chi connectivity index (χ2v) is 6.23. The highest BCUT2D eigenvalue weighted by molar-refractivity contribution is 5.96. The Balaban J connectivity index is 2.01. The van der Waals surface area contributed by atoms with E-state index in [4.69, 9.17) is 18.9 Å². The number of hydrogen-bond acceptors (Lipinski definition) is 6. The summed E-state index contributed by atoms with van der Waals surface area (Å²) >= 11 is 0. The van der Waals surface area contributed by atoms with Gasteiger partial charge in [-0.2, -0.15) is 0 Å². The van der Waals surface area contributed by atoms with E-state index in [0.29, 0.717) is 28.5 Å². The maximum atomic E-state index is 12.2. The minimum Gasteiger partial charge on any atom is -0.493 e. The summed E-state index contributed by atoms with van der Waals surface area (Å²) in [5, 5.41) is 2.70. The van der Waals surface area contributed by atoms with E-state index in [1.165, 1.54) is 40.4 Å². The predicted molar refractivity (Wildman–Crippen MR) is 110 cm³/mol. The molecule has 0 saturated heterocycles. The average molecular weight is 399 g/mol. The van der Waals surface area contributed by atoms with Crippen LogP contribution in [0.3, 0.4) is 0 Å². The largest absolute Gasteiger partial charge is 0.493 e. The lowest BCUT2D eigenvalue weighted by Crippen LogP contribution is -2.29. The molecule has 1 N–H and O–H groups in total. The molecule has 1 atom stereocenters. The molecule has 2 aromatic rings. The topological polar surface area (TPSA) is 83.1 Å². The summed E-state index contributed by atoms with van der Waals surface area (Å²) in [6, 6.07) is 10.7. The molecule has 0 aliphatic heterocycles. The Morgan fingerprint density at radius 1 is 0.966 bits per heavy atom. The van der Waals surface area contributed by atoms with Gasteiger partial charge in [-0.1, -0.05) is 17.7 Å². The van der Waals surface area contributed by atoms with Gasteiger partial charge in [-0.05, 0) is 49.8 Å². The van der Waals surface area contributed by atoms with Crippen LogP contribution >= 0.6 is 0 Å². The van der Waals surface area contributed by atoms with E-state index in [2.05, 4.69) is 5.32 Å². The quantitative estimate of drug-likeness (QED) is 0.539. The second kappa shape index (κ2) is 10.2. The van der Waals surface area contributed by atoms with Crippen molar-refractivity contribution in [3.05, 3.63) is 53.6 Å². The zero-order chi connectivity index (χ0) is 21.4. The van der Waals surface area contributed by atoms with Crippen LogP contribution in [0.4, 0.5) is 5.69 Å². The van der Waals surface area contributed by atoms with E-state index >= 15 is 0 Å². The third kappa shape index (κ3) is 6.00. The van der Waals surface area contributed by atoms with Crippen molar-refractivity contribution in [2.45, 2.75) is 20.0 Å². The summed E-state index contributed by atoms with van der Waals surface area (Å²) < 4.78 is 21.0. The Kier molecular flexibility index (Phi) is 7.65. The van der Waals surface area contributed by atoms with Crippen molar-refractivity contribution in [1.82, 2.24) is 0 Å². The van der Waals surface area contributed by atoms with Crippen molar-refractivity contribution in [1.29, 1.82) is 0 Å². The minimum atomic E-state index is -0.951. The van der Waals surface area contributed by atoms with Gasteiger partial charge in [0.2, 0.25) is 5.75 Å². The third-order valence-corrected chi connectivity index (χ3v) is 4.08. The number of anilines is 1. The molecule has 0 aromatic heterocycles. The SMILES string of the molecule is COc1cc(/C=C/C(=O)O[C@@H](C)C(=O)Nc2ccc(C)cc2)cc(OC)c1OC. The van der Waals surface area contributed by atoms with Crippen LogP contribution in [0.2, 0.25) is 0 Å². The number of carbonyl (C=O) groups excluding carboxylic acids is 2. The molecule has 2 aromatic carbocycles. The summed E-state index contributed by atoms with van der Waals surface area (Å²) in [5.41, 5.74) is 2.36. The van der Waals surface area contributed by atoms with Crippen LogP contribution in [0.1, 0.15) is 18.1 Å². The number of nitrogens with one attached hydrogen (secondary N) is 1. The summed E-state index contributed by atoms with van der Waals surface area (Å²) in [5.74, 6) is 0.321. The maximum Gasteiger partial charge on any atom is 0.331 e. The van der Waals surface area contributed by atoms with Gasteiger partial charge < -0.3 is 24.3 Å². The first-order valence-electron chi connectivity index (χ1n) is 8.94. The van der Waals surface area contributed by atoms with Crippen LogP contribution < -0.4 is 19.5 Å². The molecule has 7 heteroatoms. The Hall–Kier alpha value is -3.48. The van der Waals surface area contributed by atoms with Gasteiger partial charge >= 0.3 is 5.97 Å². The highest BCUT2D eigenvalue weighted by Gasteiger charge is 2.17. The van der Waals surface area contributed by atoms with Crippen LogP contribution in [0.15, 0.2) is 42.5 Å². The van der Waals surface area contributed by atoms with E-state index in [0.717, 1.165) is 5.56 Å². The molecule has 7 nitrogen and oxygen atoms in total. The number of amides is 1. The summed E-state index contributed by atoms with van der Waals surface area (Å²) in [7, 11) is 4.52. The second-order valence-electron chi connectivity index (χ2n) is 6.23. The van der Waals surface area contributed by atoms with Gasteiger partial charge in [0.1, 0.15) is 0 Å². The van der Waals surface area contributed by atoms with E-state index in [9.17, 15) is 9.59 Å². The molecule has 0 unspecified atom stereocenters. The van der Waals surface area contributed by atoms with Crippen molar-refractivity contribution >= 4 is 23.6 Å². The molecule has 1 amide bonds. The average Bonchev–Trinajstić information content (AvgIpc) is 2.72. The Morgan fingerprint density at radius 3 is 2.07 bits per heavy atom. The highest BCUT2D eigenvalue weighted by Crippen LogP contribution is 2.38. The van der Waals surface area contributed by atoms with Crippen LogP contribution in [-0.2, 0) is 14.3 Å². The van der Waals surface area contributed by atoms with E-state index in [-0.39, 0.29) is 0 Å². The molecule has 2 rings (SSSR count). The molecule has 0 spiro atoms. The first-order chi connectivity index (χ1) is 13.9. The fourth-order valence-corrected chi connectivity index (χ4v) is 2.51. The summed E-state index contributed by atoms with van der Waals surface area (Å²) in [4.78, 5) is 24.3. The number of benzene rings is 2. The normalized spacial score (nSPS) is 11.6. The first kappa shape index (κ1) is 21.8. The fourth-order valence-electron chi connectivity index (χ4n) is 2.51. The molecule has 0 fully saturated rings. The van der Waals surface area contributed by atoms with Crippen molar-refractivity contribution in [3.63, 3.8) is 0 Å². The Labute approximate surface area is 170 Å². The molecule has 0 aliphatic rings. The molecule has 29 heavy (non-hydrogen) atoms. The molecule has 0 aliphatic carbocycles. The molecule has 0 bridgehead atoms. The fraction of sp³-hybridized carbons (Fsp3) is 0.273. The maximum absolute atomic E-state index is 12.2. The monoisotopic (exact) mass is 399 g/mol. The lowest BCUT2D eigenvalue weighted by atomic mass is 10.1. The smallest absolute Gasteiger partial charge is 0.331 e. The molecule has 0 saturated carbocycles. The Morgan fingerprint density at radius 2 is 1.55 bits per heavy atom. The highest BCUT2D eigenvalue weighted by atomic mass is 16.5. The zero-order valence-electron chi connectivity index (χ0n) is 17.1. The van der Waals surface area contributed by atoms with Crippen molar-refractivity contribution in [2.24, 2.45) is 0 Å². The van der Waals surface area contributed by atoms with Gasteiger partial charge in [0.05, 0.1) is 21.3 Å². The molecule has 154 valence electrons. The Bertz CT molecular complexity index is 864. The third-order valence-electron chi connectivity index (χ3n) is 4.08. The van der Waals surface area contributed by atoms with Crippen molar-refractivity contribution in [3.8, 4) is 17.2 Å². The molecular formula is C22H25NO6. The minimum absolute atomic E-state index is 0.414. The zero-order valence-corrected chi connectivity index (χ0v) is 17.1. The van der Waals surface area contributed by atoms with Crippen LogP contribution in [0.25, 0.3) is 6.08 Å². The van der Waals surface area contributed by atoms with Gasteiger partial charge in [0.15, 0.2) is 17.6 Å². The summed E-state index contributed by atoms with van der Waals surface area (Å²) in [6.45, 7) is 3.46. The number of esters is 1. The van der Waals surface area contributed by atoms with Gasteiger partial charge in [-0.15, -0.1) is 0 Å². The van der Waals surface area contributed by atoms with Gasteiger partial charge in [0, 0.05) is 11.8 Å². The predicted octanol–water partition coefficient (Wildman–Crippen LogP) is 3.60. The number of aryl methyl sites for hydroxylation is 1. The number of hydrogen-bond donors (Lipinski definition) is 1. The number of methoxy groups -OCH3 is 3. The van der Waals surface area contributed by atoms with Gasteiger partial charge in [0.25, 0.3) is 5.91 Å². The van der Waals surface area contributed by atoms with E-state index < -0.39 is 18.0 Å². The molecule has 0 radical (unpaired) electrons. The first-order valence-corrected chi connectivity index (χ1v) is 8.94. The van der Waals surface area contributed by atoms with Gasteiger partial charge in [-0.25, -0.2) is 4.79 Å². The standard InChI is InChI=1S/C22H25NO6/c1-14-6-9-17(10-7-14)23-22(25)15(2)29-20(24)11-8-16-12-18(26-3)21(28-5)19(13-16)27-4/h6-13,15H,1-5H3,(H,23,25)/b11-8+/t15-/m0/s1. The van der Waals surface area contributed by atoms with Crippen LogP contribution in [0.5, 0.6) is 17.2 Å². The molecular weight excluding hydrogens is 374 g/mol. The van der Waals surface area contributed by atoms with E-state index in [1.54, 1.807) is 24.3 Å². The van der Waals surface area contributed by atoms with Crippen LogP contribution in [-0.4, -0.2) is 39.3 Å². The lowest BCUT2D eigenvalue weighted by Gasteiger charge is -2.13. The van der Waals surface area contributed by atoms with Gasteiger partial charge in [-0.3, -0.25) is 4.79 Å². The lowest BCUT2D eigenvalue weighted by molar-refractivity contribution is -0.148. The van der Waals surface area contributed by atoms with Crippen molar-refractivity contribution in [2.75, 3.05) is 26.6 Å². The molecule has 0 heterocycles. The van der Waals surface area contributed by atoms with Crippen LogP contribution in [0, 0.1) is 6.92 Å². The number of rotatable bonds is 8. The number of ether oxygens (including phenoxy) is 4. The number of carbonyl (C=O) groups is 2. The van der Waals surface area contributed by atoms with Crippen molar-refractivity contribution < 1.29 is 28.5 Å². The summed E-state index contributed by atoms with van der Waals surface area (Å²) in [6.07, 6.45) is 1.82.